The summed E-state index contributed by atoms with van der Waals surface area (Å²) in [6, 6.07) is 8.52. The van der Waals surface area contributed by atoms with Crippen molar-refractivity contribution >= 4 is 0 Å². The fourth-order valence-electron chi connectivity index (χ4n) is 3.70. The summed E-state index contributed by atoms with van der Waals surface area (Å²) >= 11 is 0. The lowest BCUT2D eigenvalue weighted by Crippen LogP contribution is -2.46. The van der Waals surface area contributed by atoms with Crippen molar-refractivity contribution < 1.29 is 9.84 Å². The van der Waals surface area contributed by atoms with Crippen LogP contribution in [0.5, 0.6) is 0 Å². The number of hydrogen-bond donors (Lipinski definition) is 1. The molecule has 4 rings (SSSR count). The van der Waals surface area contributed by atoms with E-state index in [0.717, 1.165) is 12.8 Å². The van der Waals surface area contributed by atoms with Crippen LogP contribution in [0, 0.1) is 0 Å². The summed E-state index contributed by atoms with van der Waals surface area (Å²) in [5, 5.41) is 10.7. The highest BCUT2D eigenvalue weighted by atomic mass is 16.5. The molecule has 2 nitrogen and oxygen atoms in total. The Labute approximate surface area is 94.6 Å². The molecule has 1 N–H and O–H groups in total. The molecule has 2 heteroatoms. The smallest absolute Gasteiger partial charge is 0.131 e. The predicted molar refractivity (Wildman–Crippen MR) is 60.1 cm³/mol. The number of aliphatic hydroxyl groups is 1. The van der Waals surface area contributed by atoms with Gasteiger partial charge in [-0.3, -0.25) is 0 Å². The van der Waals surface area contributed by atoms with Crippen molar-refractivity contribution in [3.05, 3.63) is 47.7 Å². The van der Waals surface area contributed by atoms with Gasteiger partial charge in [-0.2, -0.15) is 0 Å². The van der Waals surface area contributed by atoms with E-state index in [-0.39, 0.29) is 12.0 Å². The highest BCUT2D eigenvalue weighted by Gasteiger charge is 2.55. The van der Waals surface area contributed by atoms with Gasteiger partial charge >= 0.3 is 0 Å². The van der Waals surface area contributed by atoms with E-state index in [1.54, 1.807) is 6.26 Å². The maximum absolute atomic E-state index is 10.7. The molecule has 1 aromatic rings. The molecule has 1 heterocycles. The number of hydrogen-bond acceptors (Lipinski definition) is 2. The first-order chi connectivity index (χ1) is 7.79. The van der Waals surface area contributed by atoms with Crippen molar-refractivity contribution in [3.8, 4) is 0 Å². The summed E-state index contributed by atoms with van der Waals surface area (Å²) in [4.78, 5) is 0. The van der Waals surface area contributed by atoms with Gasteiger partial charge in [-0.1, -0.05) is 24.3 Å². The third kappa shape index (κ3) is 0.874. The molecule has 0 radical (unpaired) electrons. The second-order valence-corrected chi connectivity index (χ2v) is 5.16. The van der Waals surface area contributed by atoms with Gasteiger partial charge in [0.15, 0.2) is 0 Å². The lowest BCUT2D eigenvalue weighted by Gasteiger charge is -2.38. The van der Waals surface area contributed by atoms with Crippen LogP contribution in [-0.2, 0) is 4.74 Å². The van der Waals surface area contributed by atoms with Crippen molar-refractivity contribution in [2.75, 3.05) is 0 Å². The minimum absolute atomic E-state index is 0.0383. The number of rotatable bonds is 0. The van der Waals surface area contributed by atoms with Crippen LogP contribution in [0.15, 0.2) is 36.6 Å². The minimum Gasteiger partial charge on any atom is -0.495 e. The number of fused-ring (bicyclic) bond motifs is 7. The van der Waals surface area contributed by atoms with Gasteiger partial charge in [-0.15, -0.1) is 0 Å². The van der Waals surface area contributed by atoms with Crippen LogP contribution >= 0.6 is 0 Å². The zero-order chi connectivity index (χ0) is 10.8. The Hall–Kier alpha value is -1.28. The van der Waals surface area contributed by atoms with E-state index in [1.807, 2.05) is 6.08 Å². The van der Waals surface area contributed by atoms with Crippen LogP contribution in [0.25, 0.3) is 0 Å². The molecule has 1 aromatic carbocycles. The van der Waals surface area contributed by atoms with Crippen LogP contribution in [0.3, 0.4) is 0 Å². The fraction of sp³-hybridized carbons (Fsp3) is 0.429. The molecule has 3 aliphatic rings. The summed E-state index contributed by atoms with van der Waals surface area (Å²) < 4.78 is 5.54. The van der Waals surface area contributed by atoms with Gasteiger partial charge in [-0.05, 0) is 36.0 Å². The van der Waals surface area contributed by atoms with E-state index in [0.29, 0.717) is 5.92 Å². The Morgan fingerprint density at radius 2 is 2.00 bits per heavy atom. The third-order valence-electron chi connectivity index (χ3n) is 4.48. The standard InChI is InChI=1S/C14H14O2/c15-14-5-6-16-13(14)8-9-7-12(14)11-4-2-1-3-10(9)11/h1-6,9,12-13,15H,7-8H2/t9-,12-,13?,14?/m1/s1. The largest absolute Gasteiger partial charge is 0.495 e. The lowest BCUT2D eigenvalue weighted by atomic mass is 9.73. The van der Waals surface area contributed by atoms with Crippen molar-refractivity contribution in [2.24, 2.45) is 0 Å². The number of benzene rings is 1. The molecule has 1 fully saturated rings. The first-order valence-corrected chi connectivity index (χ1v) is 5.93. The predicted octanol–water partition coefficient (Wildman–Crippen LogP) is 2.30. The highest BCUT2D eigenvalue weighted by Crippen LogP contribution is 2.57. The van der Waals surface area contributed by atoms with E-state index in [4.69, 9.17) is 4.74 Å². The van der Waals surface area contributed by atoms with Gasteiger partial charge in [0.05, 0.1) is 6.26 Å². The van der Waals surface area contributed by atoms with Crippen molar-refractivity contribution in [1.82, 2.24) is 0 Å². The Bertz CT molecular complexity index is 479. The van der Waals surface area contributed by atoms with Gasteiger partial charge in [-0.25, -0.2) is 0 Å². The van der Waals surface area contributed by atoms with Gasteiger partial charge in [0.25, 0.3) is 0 Å². The zero-order valence-corrected chi connectivity index (χ0v) is 8.97. The van der Waals surface area contributed by atoms with E-state index in [9.17, 15) is 5.11 Å². The average Bonchev–Trinajstić information content (AvgIpc) is 2.83. The van der Waals surface area contributed by atoms with E-state index < -0.39 is 5.60 Å². The molecule has 0 amide bonds. The van der Waals surface area contributed by atoms with Crippen molar-refractivity contribution in [3.63, 3.8) is 0 Å². The molecule has 1 aliphatic heterocycles. The van der Waals surface area contributed by atoms with Crippen LogP contribution in [0.1, 0.15) is 35.8 Å². The molecule has 0 saturated heterocycles. The van der Waals surface area contributed by atoms with Gasteiger partial charge in [0.1, 0.15) is 11.7 Å². The monoisotopic (exact) mass is 214 g/mol. The Kier molecular flexibility index (Phi) is 1.48. The molecule has 2 bridgehead atoms. The molecular weight excluding hydrogens is 200 g/mol. The van der Waals surface area contributed by atoms with E-state index in [1.165, 1.54) is 11.1 Å². The minimum atomic E-state index is -0.761. The van der Waals surface area contributed by atoms with Crippen LogP contribution < -0.4 is 0 Å². The second kappa shape index (κ2) is 2.69. The first-order valence-electron chi connectivity index (χ1n) is 5.93. The third-order valence-corrected chi connectivity index (χ3v) is 4.48. The number of ether oxygens (including phenoxy) is 1. The quantitative estimate of drug-likeness (QED) is 0.718. The zero-order valence-electron chi connectivity index (χ0n) is 8.97. The maximum atomic E-state index is 10.7. The van der Waals surface area contributed by atoms with Gasteiger partial charge in [0.2, 0.25) is 0 Å². The summed E-state index contributed by atoms with van der Waals surface area (Å²) in [5.41, 5.74) is 1.99. The van der Waals surface area contributed by atoms with Crippen molar-refractivity contribution in [1.29, 1.82) is 0 Å². The van der Waals surface area contributed by atoms with Crippen LogP contribution in [-0.4, -0.2) is 16.8 Å². The van der Waals surface area contributed by atoms with E-state index >= 15 is 0 Å². The second-order valence-electron chi connectivity index (χ2n) is 5.16. The summed E-state index contributed by atoms with van der Waals surface area (Å²) in [6.45, 7) is 0. The Morgan fingerprint density at radius 3 is 2.88 bits per heavy atom. The normalized spacial score (nSPS) is 42.7. The molecule has 0 aromatic heterocycles. The molecule has 4 atom stereocenters. The topological polar surface area (TPSA) is 29.5 Å². The SMILES string of the molecule is OC12C=COC1C[C@H]1C[C@@H]2c2ccccc21. The molecule has 2 aliphatic carbocycles. The summed E-state index contributed by atoms with van der Waals surface area (Å²) in [6.07, 6.45) is 5.50. The first kappa shape index (κ1) is 8.82. The Balaban J connectivity index is 1.91. The van der Waals surface area contributed by atoms with Crippen LogP contribution in [0.2, 0.25) is 0 Å². The molecular formula is C14H14O2. The van der Waals surface area contributed by atoms with Crippen LogP contribution in [0.4, 0.5) is 0 Å². The molecule has 16 heavy (non-hydrogen) atoms. The van der Waals surface area contributed by atoms with Gasteiger partial charge < -0.3 is 9.84 Å². The van der Waals surface area contributed by atoms with E-state index in [2.05, 4.69) is 24.3 Å². The van der Waals surface area contributed by atoms with Crippen molar-refractivity contribution in [2.45, 2.75) is 36.4 Å². The fourth-order valence-corrected chi connectivity index (χ4v) is 3.70. The summed E-state index contributed by atoms with van der Waals surface area (Å²) in [5.74, 6) is 0.803. The highest BCUT2D eigenvalue weighted by molar-refractivity contribution is 5.45. The molecule has 82 valence electrons. The Morgan fingerprint density at radius 1 is 1.19 bits per heavy atom. The molecule has 2 unspecified atom stereocenters. The average molecular weight is 214 g/mol. The molecule has 0 spiro atoms. The summed E-state index contributed by atoms with van der Waals surface area (Å²) in [7, 11) is 0. The van der Waals surface area contributed by atoms with Gasteiger partial charge in [0, 0.05) is 5.92 Å². The molecule has 1 saturated carbocycles. The lowest BCUT2D eigenvalue weighted by molar-refractivity contribution is -0.0616. The maximum Gasteiger partial charge on any atom is 0.131 e.